The zero-order valence-electron chi connectivity index (χ0n) is 12.0. The first kappa shape index (κ1) is 12.5. The molecule has 4 rings (SSSR count). The van der Waals surface area contributed by atoms with Gasteiger partial charge in [0.2, 0.25) is 0 Å². The second-order valence-corrected chi connectivity index (χ2v) is 6.40. The van der Waals surface area contributed by atoms with E-state index < -0.39 is 0 Å². The summed E-state index contributed by atoms with van der Waals surface area (Å²) >= 11 is 1.86. The van der Waals surface area contributed by atoms with E-state index in [0.29, 0.717) is 0 Å². The molecule has 3 heteroatoms. The smallest absolute Gasteiger partial charge is 0.233 e. The predicted octanol–water partition coefficient (Wildman–Crippen LogP) is 4.25. The van der Waals surface area contributed by atoms with Crippen LogP contribution in [0.3, 0.4) is 0 Å². The third-order valence-electron chi connectivity index (χ3n) is 3.89. The standard InChI is InChI=1S/C18H15N2S/c1-12-10-17-15(13-6-3-4-7-16(13)21-17)11-14(12)18-19-8-5-9-20(18)2/h3-11H,1-2H3/q+1. The molecule has 4 aromatic rings. The number of aryl methyl sites for hydroxylation is 2. The van der Waals surface area contributed by atoms with Crippen LogP contribution in [0.25, 0.3) is 31.6 Å². The van der Waals surface area contributed by atoms with Crippen molar-refractivity contribution in [3.8, 4) is 11.4 Å². The molecule has 2 aromatic heterocycles. The van der Waals surface area contributed by atoms with Crippen LogP contribution in [-0.2, 0) is 7.05 Å². The second kappa shape index (κ2) is 4.64. The van der Waals surface area contributed by atoms with E-state index in [1.54, 1.807) is 0 Å². The molecule has 0 atom stereocenters. The number of rotatable bonds is 1. The summed E-state index contributed by atoms with van der Waals surface area (Å²) in [6, 6.07) is 15.1. The van der Waals surface area contributed by atoms with Gasteiger partial charge in [0.1, 0.15) is 6.20 Å². The first-order chi connectivity index (χ1) is 10.2. The Kier molecular flexibility index (Phi) is 2.76. The lowest BCUT2D eigenvalue weighted by molar-refractivity contribution is -0.663. The Bertz CT molecular complexity index is 969. The highest BCUT2D eigenvalue weighted by Crippen LogP contribution is 2.36. The van der Waals surface area contributed by atoms with Crippen molar-refractivity contribution in [3.05, 3.63) is 60.4 Å². The van der Waals surface area contributed by atoms with Crippen LogP contribution in [-0.4, -0.2) is 4.98 Å². The van der Waals surface area contributed by atoms with Crippen LogP contribution in [0.15, 0.2) is 54.9 Å². The SMILES string of the molecule is Cc1cc2sc3ccccc3c2cc1-c1nccc[n+]1C. The molecule has 0 saturated carbocycles. The van der Waals surface area contributed by atoms with Gasteiger partial charge in [-0.3, -0.25) is 0 Å². The van der Waals surface area contributed by atoms with Crippen LogP contribution in [0.4, 0.5) is 0 Å². The maximum Gasteiger partial charge on any atom is 0.330 e. The topological polar surface area (TPSA) is 16.8 Å². The Hall–Kier alpha value is -2.26. The summed E-state index contributed by atoms with van der Waals surface area (Å²) in [7, 11) is 2.04. The third-order valence-corrected chi connectivity index (χ3v) is 5.02. The molecule has 0 unspecified atom stereocenters. The van der Waals surface area contributed by atoms with Crippen molar-refractivity contribution in [2.75, 3.05) is 0 Å². The number of thiophene rings is 1. The Morgan fingerprint density at radius 1 is 1.00 bits per heavy atom. The van der Waals surface area contributed by atoms with Gasteiger partial charge in [-0.25, -0.2) is 4.57 Å². The highest BCUT2D eigenvalue weighted by atomic mass is 32.1. The quantitative estimate of drug-likeness (QED) is 0.479. The van der Waals surface area contributed by atoms with Gasteiger partial charge in [-0.15, -0.1) is 11.3 Å². The lowest BCUT2D eigenvalue weighted by atomic mass is 10.0. The molecular formula is C18H15N2S+. The first-order valence-electron chi connectivity index (χ1n) is 6.97. The third kappa shape index (κ3) is 1.93. The Morgan fingerprint density at radius 3 is 2.71 bits per heavy atom. The largest absolute Gasteiger partial charge is 0.330 e. The minimum Gasteiger partial charge on any atom is -0.233 e. The molecular weight excluding hydrogens is 276 g/mol. The van der Waals surface area contributed by atoms with Crippen molar-refractivity contribution in [2.45, 2.75) is 6.92 Å². The summed E-state index contributed by atoms with van der Waals surface area (Å²) < 4.78 is 4.76. The molecule has 0 bridgehead atoms. The van der Waals surface area contributed by atoms with Crippen LogP contribution >= 0.6 is 11.3 Å². The van der Waals surface area contributed by atoms with Crippen LogP contribution in [0.5, 0.6) is 0 Å². The average molecular weight is 291 g/mol. The number of aromatic nitrogens is 2. The van der Waals surface area contributed by atoms with Gasteiger partial charge in [0, 0.05) is 26.2 Å². The molecule has 21 heavy (non-hydrogen) atoms. The van der Waals surface area contributed by atoms with Crippen LogP contribution < -0.4 is 4.57 Å². The van der Waals surface area contributed by atoms with Gasteiger partial charge >= 0.3 is 5.82 Å². The van der Waals surface area contributed by atoms with Crippen molar-refractivity contribution in [1.82, 2.24) is 4.98 Å². The molecule has 0 N–H and O–H groups in total. The molecule has 2 nitrogen and oxygen atoms in total. The van der Waals surface area contributed by atoms with E-state index in [4.69, 9.17) is 0 Å². The number of nitrogens with zero attached hydrogens (tertiary/aromatic N) is 2. The summed E-state index contributed by atoms with van der Waals surface area (Å²) in [4.78, 5) is 4.55. The van der Waals surface area contributed by atoms with Gasteiger partial charge in [-0.1, -0.05) is 18.2 Å². The Morgan fingerprint density at radius 2 is 1.86 bits per heavy atom. The van der Waals surface area contributed by atoms with Crippen LogP contribution in [0.2, 0.25) is 0 Å². The zero-order valence-corrected chi connectivity index (χ0v) is 12.8. The molecule has 0 aliphatic carbocycles. The van der Waals surface area contributed by atoms with Crippen LogP contribution in [0.1, 0.15) is 5.56 Å². The molecule has 0 spiro atoms. The van der Waals surface area contributed by atoms with Crippen LogP contribution in [0, 0.1) is 6.92 Å². The number of benzene rings is 2. The minimum absolute atomic E-state index is 1.01. The van der Waals surface area contributed by atoms with Gasteiger partial charge in [-0.2, -0.15) is 0 Å². The van der Waals surface area contributed by atoms with Crippen molar-refractivity contribution < 1.29 is 4.57 Å². The van der Waals surface area contributed by atoms with E-state index >= 15 is 0 Å². The van der Waals surface area contributed by atoms with Crippen molar-refractivity contribution in [1.29, 1.82) is 0 Å². The Balaban J connectivity index is 2.08. The van der Waals surface area contributed by atoms with E-state index in [2.05, 4.69) is 52.9 Å². The summed E-state index contributed by atoms with van der Waals surface area (Å²) in [5.41, 5.74) is 2.47. The summed E-state index contributed by atoms with van der Waals surface area (Å²) in [5.74, 6) is 1.01. The fourth-order valence-electron chi connectivity index (χ4n) is 2.82. The molecule has 0 aliphatic rings. The van der Waals surface area contributed by atoms with Gasteiger partial charge in [0.25, 0.3) is 0 Å². The van der Waals surface area contributed by atoms with Gasteiger partial charge in [0.15, 0.2) is 0 Å². The lowest BCUT2D eigenvalue weighted by Crippen LogP contribution is -2.31. The van der Waals surface area contributed by atoms with Gasteiger partial charge < -0.3 is 0 Å². The highest BCUT2D eigenvalue weighted by Gasteiger charge is 2.16. The Labute approximate surface area is 127 Å². The predicted molar refractivity (Wildman–Crippen MR) is 88.5 cm³/mol. The molecule has 0 radical (unpaired) electrons. The maximum atomic E-state index is 4.55. The van der Waals surface area contributed by atoms with E-state index in [1.165, 1.54) is 31.3 Å². The minimum atomic E-state index is 1.01. The second-order valence-electron chi connectivity index (χ2n) is 5.32. The fourth-order valence-corrected chi connectivity index (χ4v) is 4.00. The summed E-state index contributed by atoms with van der Waals surface area (Å²) in [6.45, 7) is 2.16. The summed E-state index contributed by atoms with van der Waals surface area (Å²) in [6.07, 6.45) is 3.89. The molecule has 2 aromatic carbocycles. The van der Waals surface area contributed by atoms with Gasteiger partial charge in [-0.05, 0) is 35.7 Å². The molecule has 0 fully saturated rings. The van der Waals surface area contributed by atoms with E-state index in [0.717, 1.165) is 5.82 Å². The van der Waals surface area contributed by atoms with Gasteiger partial charge in [0.05, 0.1) is 18.8 Å². The number of fused-ring (bicyclic) bond motifs is 3. The maximum absolute atomic E-state index is 4.55. The van der Waals surface area contributed by atoms with Crippen molar-refractivity contribution >= 4 is 31.5 Å². The van der Waals surface area contributed by atoms with Crippen molar-refractivity contribution in [3.63, 3.8) is 0 Å². The molecule has 0 saturated heterocycles. The van der Waals surface area contributed by atoms with Crippen molar-refractivity contribution in [2.24, 2.45) is 7.05 Å². The van der Waals surface area contributed by atoms with E-state index in [9.17, 15) is 0 Å². The first-order valence-corrected chi connectivity index (χ1v) is 7.78. The molecule has 0 amide bonds. The fraction of sp³-hybridized carbons (Fsp3) is 0.111. The average Bonchev–Trinajstić information content (AvgIpc) is 2.84. The molecule has 0 aliphatic heterocycles. The highest BCUT2D eigenvalue weighted by molar-refractivity contribution is 7.25. The summed E-state index contributed by atoms with van der Waals surface area (Å²) in [5, 5.41) is 2.65. The normalized spacial score (nSPS) is 11.3. The lowest BCUT2D eigenvalue weighted by Gasteiger charge is -2.03. The molecule has 102 valence electrons. The molecule has 2 heterocycles. The van der Waals surface area contributed by atoms with E-state index in [-0.39, 0.29) is 0 Å². The zero-order chi connectivity index (χ0) is 14.4. The van der Waals surface area contributed by atoms with E-state index in [1.807, 2.05) is 36.8 Å². The number of hydrogen-bond acceptors (Lipinski definition) is 2. The monoisotopic (exact) mass is 291 g/mol. The number of hydrogen-bond donors (Lipinski definition) is 0.